The molecule has 2 heterocycles. The highest BCUT2D eigenvalue weighted by atomic mass is 79.9. The number of fused-ring (bicyclic) bond motifs is 2. The van der Waals surface area contributed by atoms with Crippen LogP contribution in [0.5, 0.6) is 0 Å². The molecular formula is C39H32BrClN2O2. The second-order valence-electron chi connectivity index (χ2n) is 10.9. The molecule has 0 unspecified atom stereocenters. The van der Waals surface area contributed by atoms with Crippen LogP contribution in [0, 0.1) is 0 Å². The lowest BCUT2D eigenvalue weighted by Gasteiger charge is -2.10. The van der Waals surface area contributed by atoms with E-state index in [0.29, 0.717) is 17.0 Å². The minimum absolute atomic E-state index is 0.368. The van der Waals surface area contributed by atoms with Gasteiger partial charge in [0.25, 0.3) is 0 Å². The quantitative estimate of drug-likeness (QED) is 0.158. The number of hydrogen-bond donors (Lipinski definition) is 0. The standard InChI is InChI=1S/C24H20ClNO2.C15H12BrN/c1-28-24(27)22-15-21(25)9-8-19(22)13-18-7-10-23-20(14-18)11-12-26(23)16-17-5-3-2-4-6-17;16-14-6-7-15-13(10-14)8-9-17(15)11-12-4-2-1-3-5-12/h2-12,14-15H,13,16H2,1H3;1-10H,11H2. The molecule has 0 aliphatic carbocycles. The van der Waals surface area contributed by atoms with Gasteiger partial charge >= 0.3 is 5.97 Å². The summed E-state index contributed by atoms with van der Waals surface area (Å²) in [5.41, 5.74) is 7.61. The van der Waals surface area contributed by atoms with Crippen molar-refractivity contribution in [3.63, 3.8) is 0 Å². The SMILES string of the molecule is Brc1ccc2c(ccn2Cc2ccccc2)c1.COC(=O)c1cc(Cl)ccc1Cc1ccc2c(ccn2Cc2ccccc2)c1. The van der Waals surface area contributed by atoms with Gasteiger partial charge in [0.1, 0.15) is 0 Å². The van der Waals surface area contributed by atoms with Crippen LogP contribution < -0.4 is 0 Å². The average Bonchev–Trinajstić information content (AvgIpc) is 3.65. The van der Waals surface area contributed by atoms with Gasteiger partial charge in [-0.25, -0.2) is 4.79 Å². The first-order valence-electron chi connectivity index (χ1n) is 14.7. The van der Waals surface area contributed by atoms with Crippen molar-refractivity contribution in [3.05, 3.63) is 177 Å². The Morgan fingerprint density at radius 1 is 0.667 bits per heavy atom. The van der Waals surface area contributed by atoms with Crippen LogP contribution in [0.3, 0.4) is 0 Å². The van der Waals surface area contributed by atoms with Gasteiger partial charge in [-0.05, 0) is 88.7 Å². The van der Waals surface area contributed by atoms with Crippen molar-refractivity contribution in [2.45, 2.75) is 19.5 Å². The van der Waals surface area contributed by atoms with Gasteiger partial charge in [0.15, 0.2) is 0 Å². The first-order valence-corrected chi connectivity index (χ1v) is 15.9. The average molecular weight is 676 g/mol. The van der Waals surface area contributed by atoms with E-state index in [0.717, 1.165) is 28.7 Å². The van der Waals surface area contributed by atoms with E-state index in [9.17, 15) is 4.79 Å². The number of methoxy groups -OCH3 is 1. The second-order valence-corrected chi connectivity index (χ2v) is 12.3. The predicted octanol–water partition coefficient (Wildman–Crippen LogP) is 10.2. The molecular weight excluding hydrogens is 644 g/mol. The largest absolute Gasteiger partial charge is 0.465 e. The maximum absolute atomic E-state index is 12.1. The van der Waals surface area contributed by atoms with Crippen LogP contribution in [0.1, 0.15) is 32.6 Å². The van der Waals surface area contributed by atoms with Gasteiger partial charge in [-0.15, -0.1) is 0 Å². The lowest BCUT2D eigenvalue weighted by atomic mass is 9.99. The minimum Gasteiger partial charge on any atom is -0.465 e. The zero-order valence-corrected chi connectivity index (χ0v) is 27.2. The molecule has 5 aromatic carbocycles. The van der Waals surface area contributed by atoms with E-state index in [1.807, 2.05) is 18.2 Å². The molecule has 45 heavy (non-hydrogen) atoms. The van der Waals surface area contributed by atoms with E-state index in [-0.39, 0.29) is 5.97 Å². The molecule has 0 aliphatic rings. The van der Waals surface area contributed by atoms with E-state index in [4.69, 9.17) is 16.3 Å². The number of benzene rings is 5. The fourth-order valence-corrected chi connectivity index (χ4v) is 6.14. The number of halogens is 2. The molecule has 0 amide bonds. The molecule has 0 fully saturated rings. The summed E-state index contributed by atoms with van der Waals surface area (Å²) in [5.74, 6) is -0.368. The Hall–Kier alpha value is -4.58. The van der Waals surface area contributed by atoms with Crippen molar-refractivity contribution in [2.75, 3.05) is 7.11 Å². The molecule has 0 radical (unpaired) electrons. The number of hydrogen-bond acceptors (Lipinski definition) is 2. The van der Waals surface area contributed by atoms with E-state index in [1.54, 1.807) is 12.1 Å². The molecule has 0 bridgehead atoms. The van der Waals surface area contributed by atoms with Crippen LogP contribution in [0.15, 0.2) is 144 Å². The Balaban J connectivity index is 0.000000179. The number of carbonyl (C=O) groups is 1. The Morgan fingerprint density at radius 3 is 1.84 bits per heavy atom. The van der Waals surface area contributed by atoms with Gasteiger partial charge in [0.05, 0.1) is 12.7 Å². The lowest BCUT2D eigenvalue weighted by molar-refractivity contribution is 0.0599. The summed E-state index contributed by atoms with van der Waals surface area (Å²) < 4.78 is 10.5. The minimum atomic E-state index is -0.368. The van der Waals surface area contributed by atoms with Gasteiger partial charge in [0.2, 0.25) is 0 Å². The maximum Gasteiger partial charge on any atom is 0.338 e. The number of aromatic nitrogens is 2. The van der Waals surface area contributed by atoms with Crippen LogP contribution in [0.4, 0.5) is 0 Å². The monoisotopic (exact) mass is 674 g/mol. The van der Waals surface area contributed by atoms with Crippen molar-refractivity contribution < 1.29 is 9.53 Å². The molecule has 7 rings (SSSR count). The third-order valence-electron chi connectivity index (χ3n) is 7.83. The number of carbonyl (C=O) groups excluding carboxylic acids is 1. The Morgan fingerprint density at radius 2 is 1.24 bits per heavy atom. The van der Waals surface area contributed by atoms with Gasteiger partial charge in [-0.3, -0.25) is 0 Å². The highest BCUT2D eigenvalue weighted by Gasteiger charge is 2.13. The lowest BCUT2D eigenvalue weighted by Crippen LogP contribution is -2.06. The Labute approximate surface area is 276 Å². The van der Waals surface area contributed by atoms with E-state index < -0.39 is 0 Å². The number of rotatable bonds is 7. The maximum atomic E-state index is 12.1. The van der Waals surface area contributed by atoms with Crippen LogP contribution in [-0.2, 0) is 24.2 Å². The number of ether oxygens (including phenoxy) is 1. The van der Waals surface area contributed by atoms with E-state index in [1.165, 1.54) is 40.0 Å². The molecule has 7 aromatic rings. The number of nitrogens with zero attached hydrogens (tertiary/aromatic N) is 2. The molecule has 224 valence electrons. The molecule has 0 aliphatic heterocycles. The summed E-state index contributed by atoms with van der Waals surface area (Å²) in [6.45, 7) is 1.76. The summed E-state index contributed by atoms with van der Waals surface area (Å²) in [6, 6.07) is 43.4. The van der Waals surface area contributed by atoms with Gasteiger partial charge in [-0.1, -0.05) is 100 Å². The van der Waals surface area contributed by atoms with Gasteiger partial charge in [0, 0.05) is 51.4 Å². The molecule has 0 saturated carbocycles. The van der Waals surface area contributed by atoms with Crippen molar-refractivity contribution in [1.29, 1.82) is 0 Å². The zero-order chi connectivity index (χ0) is 31.2. The fraction of sp³-hybridized carbons (Fsp3) is 0.103. The molecule has 6 heteroatoms. The van der Waals surface area contributed by atoms with Gasteiger partial charge < -0.3 is 13.9 Å². The number of esters is 1. The predicted molar refractivity (Wildman–Crippen MR) is 188 cm³/mol. The fourth-order valence-electron chi connectivity index (χ4n) is 5.59. The molecule has 0 N–H and O–H groups in total. The summed E-state index contributed by atoms with van der Waals surface area (Å²) in [5, 5.41) is 2.98. The third kappa shape index (κ3) is 7.39. The van der Waals surface area contributed by atoms with Crippen LogP contribution in [0.25, 0.3) is 21.8 Å². The summed E-state index contributed by atoms with van der Waals surface area (Å²) in [7, 11) is 1.38. The smallest absolute Gasteiger partial charge is 0.338 e. The summed E-state index contributed by atoms with van der Waals surface area (Å²) in [6.07, 6.45) is 4.90. The normalized spacial score (nSPS) is 10.9. The molecule has 0 spiro atoms. The highest BCUT2D eigenvalue weighted by Crippen LogP contribution is 2.24. The summed E-state index contributed by atoms with van der Waals surface area (Å²) in [4.78, 5) is 12.1. The van der Waals surface area contributed by atoms with Crippen LogP contribution in [0.2, 0.25) is 5.02 Å². The van der Waals surface area contributed by atoms with Crippen molar-refractivity contribution in [3.8, 4) is 0 Å². The molecule has 0 saturated heterocycles. The Kier molecular flexibility index (Phi) is 9.49. The summed E-state index contributed by atoms with van der Waals surface area (Å²) >= 11 is 9.56. The second kappa shape index (κ2) is 14.0. The topological polar surface area (TPSA) is 36.2 Å². The van der Waals surface area contributed by atoms with Crippen molar-refractivity contribution in [1.82, 2.24) is 9.13 Å². The van der Waals surface area contributed by atoms with E-state index in [2.05, 4.69) is 135 Å². The zero-order valence-electron chi connectivity index (χ0n) is 24.9. The molecule has 0 atom stereocenters. The van der Waals surface area contributed by atoms with E-state index >= 15 is 0 Å². The first kappa shape index (κ1) is 30.4. The van der Waals surface area contributed by atoms with Gasteiger partial charge in [-0.2, -0.15) is 0 Å². The Bertz CT molecular complexity index is 2070. The molecule has 4 nitrogen and oxygen atoms in total. The highest BCUT2D eigenvalue weighted by molar-refractivity contribution is 9.10. The molecule has 2 aromatic heterocycles. The van der Waals surface area contributed by atoms with Crippen LogP contribution >= 0.6 is 27.5 Å². The first-order chi connectivity index (χ1) is 22.0. The van der Waals surface area contributed by atoms with Crippen LogP contribution in [-0.4, -0.2) is 22.2 Å². The van der Waals surface area contributed by atoms with Crippen molar-refractivity contribution >= 4 is 55.3 Å². The third-order valence-corrected chi connectivity index (χ3v) is 8.56. The van der Waals surface area contributed by atoms with Crippen molar-refractivity contribution in [2.24, 2.45) is 0 Å².